The minimum atomic E-state index is 0.775. The van der Waals surface area contributed by atoms with Gasteiger partial charge in [-0.05, 0) is 49.3 Å². The van der Waals surface area contributed by atoms with E-state index in [9.17, 15) is 0 Å². The van der Waals surface area contributed by atoms with E-state index >= 15 is 0 Å². The topological polar surface area (TPSA) is 28.2 Å². The van der Waals surface area contributed by atoms with Crippen LogP contribution in [0.2, 0.25) is 0 Å². The lowest BCUT2D eigenvalue weighted by Gasteiger charge is -2.32. The molecule has 2 aliphatic rings. The van der Waals surface area contributed by atoms with Crippen LogP contribution >= 0.6 is 0 Å². The predicted molar refractivity (Wildman–Crippen MR) is 74.7 cm³/mol. The zero-order valence-electron chi connectivity index (χ0n) is 11.2. The predicted octanol–water partition coefficient (Wildman–Crippen LogP) is 2.57. The number of rotatable bonds is 4. The number of nitrogens with zero attached hydrogens (tertiary/aromatic N) is 2. The maximum atomic E-state index is 4.54. The van der Waals surface area contributed by atoms with Gasteiger partial charge in [-0.15, -0.1) is 0 Å². The molecule has 18 heavy (non-hydrogen) atoms. The van der Waals surface area contributed by atoms with Gasteiger partial charge in [0.05, 0.1) is 0 Å². The highest BCUT2D eigenvalue weighted by Gasteiger charge is 2.20. The van der Waals surface area contributed by atoms with Crippen molar-refractivity contribution in [2.45, 2.75) is 45.2 Å². The lowest BCUT2D eigenvalue weighted by Crippen LogP contribution is -2.34. The van der Waals surface area contributed by atoms with Crippen molar-refractivity contribution >= 4 is 5.82 Å². The van der Waals surface area contributed by atoms with Crippen LogP contribution in [0.15, 0.2) is 18.3 Å². The molecule has 98 valence electrons. The van der Waals surface area contributed by atoms with Crippen LogP contribution in [-0.4, -0.2) is 24.1 Å². The Labute approximate surface area is 110 Å². The molecule has 3 heteroatoms. The molecule has 3 nitrogen and oxygen atoms in total. The van der Waals surface area contributed by atoms with Gasteiger partial charge in [0.15, 0.2) is 0 Å². The highest BCUT2D eigenvalue weighted by Crippen LogP contribution is 2.23. The van der Waals surface area contributed by atoms with Crippen molar-refractivity contribution in [3.63, 3.8) is 0 Å². The van der Waals surface area contributed by atoms with Crippen LogP contribution in [0.25, 0.3) is 0 Å². The van der Waals surface area contributed by atoms with E-state index in [-0.39, 0.29) is 0 Å². The molecule has 1 N–H and O–H groups in total. The first-order valence-corrected chi connectivity index (χ1v) is 7.24. The lowest BCUT2D eigenvalue weighted by atomic mass is 10.0. The highest BCUT2D eigenvalue weighted by atomic mass is 15.2. The van der Waals surface area contributed by atoms with Crippen LogP contribution in [0, 0.1) is 5.92 Å². The van der Waals surface area contributed by atoms with Gasteiger partial charge in [-0.1, -0.05) is 6.92 Å². The molecule has 1 aromatic rings. The second-order valence-electron chi connectivity index (χ2n) is 5.87. The number of pyridine rings is 1. The SMILES string of the molecule is CC1CCCN(c2cc(CNC3CC3)ccn2)C1. The number of aromatic nitrogens is 1. The molecule has 2 heterocycles. The summed E-state index contributed by atoms with van der Waals surface area (Å²) < 4.78 is 0. The fraction of sp³-hybridized carbons (Fsp3) is 0.667. The summed E-state index contributed by atoms with van der Waals surface area (Å²) in [6.07, 6.45) is 7.31. The van der Waals surface area contributed by atoms with E-state index in [2.05, 4.69) is 34.3 Å². The lowest BCUT2D eigenvalue weighted by molar-refractivity contribution is 0.444. The maximum absolute atomic E-state index is 4.54. The van der Waals surface area contributed by atoms with Crippen LogP contribution in [0.3, 0.4) is 0 Å². The molecule has 1 atom stereocenters. The van der Waals surface area contributed by atoms with Crippen LogP contribution in [0.4, 0.5) is 5.82 Å². The molecule has 1 aromatic heterocycles. The van der Waals surface area contributed by atoms with Gasteiger partial charge in [0, 0.05) is 31.9 Å². The third kappa shape index (κ3) is 3.02. The molecule has 0 aromatic carbocycles. The summed E-state index contributed by atoms with van der Waals surface area (Å²) in [4.78, 5) is 6.98. The van der Waals surface area contributed by atoms with E-state index in [4.69, 9.17) is 0 Å². The Balaban J connectivity index is 1.65. The third-order valence-electron chi connectivity index (χ3n) is 3.96. The highest BCUT2D eigenvalue weighted by molar-refractivity contribution is 5.41. The summed E-state index contributed by atoms with van der Waals surface area (Å²) in [5, 5.41) is 3.57. The zero-order chi connectivity index (χ0) is 12.4. The first-order valence-electron chi connectivity index (χ1n) is 7.24. The fourth-order valence-electron chi connectivity index (χ4n) is 2.69. The monoisotopic (exact) mass is 245 g/mol. The van der Waals surface area contributed by atoms with Gasteiger partial charge in [0.2, 0.25) is 0 Å². The van der Waals surface area contributed by atoms with E-state index < -0.39 is 0 Å². The summed E-state index contributed by atoms with van der Waals surface area (Å²) >= 11 is 0. The number of hydrogen-bond acceptors (Lipinski definition) is 3. The van der Waals surface area contributed by atoms with Crippen LogP contribution in [0.1, 0.15) is 38.2 Å². The van der Waals surface area contributed by atoms with Crippen molar-refractivity contribution in [3.05, 3.63) is 23.9 Å². The second-order valence-corrected chi connectivity index (χ2v) is 5.87. The van der Waals surface area contributed by atoms with Crippen molar-refractivity contribution < 1.29 is 0 Å². The maximum Gasteiger partial charge on any atom is 0.128 e. The van der Waals surface area contributed by atoms with Gasteiger partial charge in [0.25, 0.3) is 0 Å². The van der Waals surface area contributed by atoms with Crippen molar-refractivity contribution in [1.82, 2.24) is 10.3 Å². The Kier molecular flexibility index (Phi) is 3.50. The van der Waals surface area contributed by atoms with Crippen molar-refractivity contribution in [1.29, 1.82) is 0 Å². The van der Waals surface area contributed by atoms with Crippen LogP contribution < -0.4 is 10.2 Å². The molecule has 1 aliphatic carbocycles. The summed E-state index contributed by atoms with van der Waals surface area (Å²) in [5.41, 5.74) is 1.37. The smallest absolute Gasteiger partial charge is 0.128 e. The third-order valence-corrected chi connectivity index (χ3v) is 3.96. The van der Waals surface area contributed by atoms with Gasteiger partial charge < -0.3 is 10.2 Å². The molecule has 0 amide bonds. The molecule has 1 saturated carbocycles. The molecule has 1 aliphatic heterocycles. The number of piperidine rings is 1. The van der Waals surface area contributed by atoms with Gasteiger partial charge in [-0.25, -0.2) is 4.98 Å². The minimum Gasteiger partial charge on any atom is -0.356 e. The van der Waals surface area contributed by atoms with E-state index in [1.54, 1.807) is 0 Å². The molecule has 3 rings (SSSR count). The van der Waals surface area contributed by atoms with Gasteiger partial charge in [-0.3, -0.25) is 0 Å². The Morgan fingerprint density at radius 1 is 1.39 bits per heavy atom. The molecule has 1 unspecified atom stereocenters. The molecular formula is C15H23N3. The summed E-state index contributed by atoms with van der Waals surface area (Å²) in [6.45, 7) is 5.65. The Bertz CT molecular complexity index is 400. The first kappa shape index (κ1) is 12.0. The van der Waals surface area contributed by atoms with E-state index in [0.717, 1.165) is 37.4 Å². The first-order chi connectivity index (χ1) is 8.81. The van der Waals surface area contributed by atoms with E-state index in [0.29, 0.717) is 0 Å². The Morgan fingerprint density at radius 2 is 2.28 bits per heavy atom. The molecular weight excluding hydrogens is 222 g/mol. The molecule has 2 fully saturated rings. The second kappa shape index (κ2) is 5.27. The van der Waals surface area contributed by atoms with Crippen LogP contribution in [0.5, 0.6) is 0 Å². The van der Waals surface area contributed by atoms with E-state index in [1.807, 2.05) is 6.20 Å². The Morgan fingerprint density at radius 3 is 3.06 bits per heavy atom. The average Bonchev–Trinajstić information content (AvgIpc) is 3.21. The van der Waals surface area contributed by atoms with E-state index in [1.165, 1.54) is 31.2 Å². The average molecular weight is 245 g/mol. The largest absolute Gasteiger partial charge is 0.356 e. The fourth-order valence-corrected chi connectivity index (χ4v) is 2.69. The van der Waals surface area contributed by atoms with Crippen LogP contribution in [-0.2, 0) is 6.54 Å². The summed E-state index contributed by atoms with van der Waals surface area (Å²) in [5.74, 6) is 1.96. The summed E-state index contributed by atoms with van der Waals surface area (Å²) in [6, 6.07) is 5.16. The zero-order valence-corrected chi connectivity index (χ0v) is 11.2. The van der Waals surface area contributed by atoms with Gasteiger partial charge in [-0.2, -0.15) is 0 Å². The minimum absolute atomic E-state index is 0.775. The van der Waals surface area contributed by atoms with Crippen molar-refractivity contribution in [3.8, 4) is 0 Å². The van der Waals surface area contributed by atoms with Gasteiger partial charge >= 0.3 is 0 Å². The normalized spacial score (nSPS) is 24.3. The molecule has 0 bridgehead atoms. The molecule has 1 saturated heterocycles. The number of anilines is 1. The van der Waals surface area contributed by atoms with Crippen molar-refractivity contribution in [2.75, 3.05) is 18.0 Å². The number of hydrogen-bond donors (Lipinski definition) is 1. The number of nitrogens with one attached hydrogen (secondary N) is 1. The van der Waals surface area contributed by atoms with Crippen molar-refractivity contribution in [2.24, 2.45) is 5.92 Å². The molecule has 0 spiro atoms. The standard InChI is InChI=1S/C15H23N3/c1-12-3-2-8-18(11-12)15-9-13(6-7-16-15)10-17-14-4-5-14/h6-7,9,12,14,17H,2-5,8,10-11H2,1H3. The summed E-state index contributed by atoms with van der Waals surface area (Å²) in [7, 11) is 0. The quantitative estimate of drug-likeness (QED) is 0.883. The molecule has 0 radical (unpaired) electrons. The van der Waals surface area contributed by atoms with Gasteiger partial charge in [0.1, 0.15) is 5.82 Å². The Hall–Kier alpha value is -1.09.